The lowest BCUT2D eigenvalue weighted by molar-refractivity contribution is -0.122. The highest BCUT2D eigenvalue weighted by Crippen LogP contribution is 2.20. The van der Waals surface area contributed by atoms with Gasteiger partial charge in [-0.2, -0.15) is 0 Å². The fourth-order valence-corrected chi connectivity index (χ4v) is 2.17. The van der Waals surface area contributed by atoms with Crippen LogP contribution in [0, 0.1) is 5.92 Å². The molecule has 1 saturated heterocycles. The van der Waals surface area contributed by atoms with Gasteiger partial charge in [0, 0.05) is 19.0 Å². The van der Waals surface area contributed by atoms with Crippen LogP contribution >= 0.6 is 0 Å². The van der Waals surface area contributed by atoms with Crippen molar-refractivity contribution in [3.63, 3.8) is 0 Å². The molecule has 1 heterocycles. The van der Waals surface area contributed by atoms with E-state index in [-0.39, 0.29) is 5.91 Å². The smallest absolute Gasteiger partial charge is 0.220 e. The SMILES string of the molecule is O=C(CC1C=CCC1)N[C@H]1CCNC1. The molecule has 0 aromatic rings. The van der Waals surface area contributed by atoms with E-state index in [9.17, 15) is 4.79 Å². The average Bonchev–Trinajstić information content (AvgIpc) is 2.76. The van der Waals surface area contributed by atoms with Gasteiger partial charge < -0.3 is 10.6 Å². The molecule has 2 N–H and O–H groups in total. The fourth-order valence-electron chi connectivity index (χ4n) is 2.17. The zero-order valence-electron chi connectivity index (χ0n) is 8.46. The van der Waals surface area contributed by atoms with Crippen LogP contribution < -0.4 is 10.6 Å². The lowest BCUT2D eigenvalue weighted by Crippen LogP contribution is -2.36. The Morgan fingerprint density at radius 1 is 1.50 bits per heavy atom. The molecular weight excluding hydrogens is 176 g/mol. The average molecular weight is 194 g/mol. The zero-order valence-corrected chi connectivity index (χ0v) is 8.46. The fraction of sp³-hybridized carbons (Fsp3) is 0.727. The molecule has 1 aliphatic heterocycles. The number of hydrogen-bond acceptors (Lipinski definition) is 2. The van der Waals surface area contributed by atoms with Crippen molar-refractivity contribution >= 4 is 5.91 Å². The molecule has 1 aliphatic carbocycles. The minimum atomic E-state index is 0.218. The van der Waals surface area contributed by atoms with Gasteiger partial charge >= 0.3 is 0 Å². The maximum Gasteiger partial charge on any atom is 0.220 e. The quantitative estimate of drug-likeness (QED) is 0.653. The molecule has 3 heteroatoms. The Labute approximate surface area is 84.9 Å². The largest absolute Gasteiger partial charge is 0.352 e. The minimum absolute atomic E-state index is 0.218. The van der Waals surface area contributed by atoms with Crippen LogP contribution in [-0.4, -0.2) is 25.0 Å². The van der Waals surface area contributed by atoms with E-state index in [0.717, 1.165) is 32.4 Å². The van der Waals surface area contributed by atoms with Crippen molar-refractivity contribution < 1.29 is 4.79 Å². The van der Waals surface area contributed by atoms with Crippen molar-refractivity contribution in [3.05, 3.63) is 12.2 Å². The van der Waals surface area contributed by atoms with Crippen molar-refractivity contribution in [2.45, 2.75) is 31.7 Å². The molecule has 3 nitrogen and oxygen atoms in total. The van der Waals surface area contributed by atoms with Gasteiger partial charge in [-0.25, -0.2) is 0 Å². The van der Waals surface area contributed by atoms with E-state index in [2.05, 4.69) is 22.8 Å². The highest BCUT2D eigenvalue weighted by molar-refractivity contribution is 5.76. The second-order valence-electron chi connectivity index (χ2n) is 4.23. The molecule has 0 spiro atoms. The van der Waals surface area contributed by atoms with E-state index in [1.165, 1.54) is 0 Å². The minimum Gasteiger partial charge on any atom is -0.352 e. The highest BCUT2D eigenvalue weighted by Gasteiger charge is 2.19. The van der Waals surface area contributed by atoms with Crippen molar-refractivity contribution in [2.24, 2.45) is 5.92 Å². The van der Waals surface area contributed by atoms with Gasteiger partial charge in [0.25, 0.3) is 0 Å². The number of carbonyl (C=O) groups is 1. The summed E-state index contributed by atoms with van der Waals surface area (Å²) in [6.45, 7) is 1.97. The molecule has 2 atom stereocenters. The second-order valence-corrected chi connectivity index (χ2v) is 4.23. The van der Waals surface area contributed by atoms with Gasteiger partial charge in [0.1, 0.15) is 0 Å². The predicted octanol–water partition coefficient (Wildman–Crippen LogP) is 0.821. The molecule has 78 valence electrons. The first-order valence-electron chi connectivity index (χ1n) is 5.51. The normalized spacial score (nSPS) is 30.9. The van der Waals surface area contributed by atoms with Gasteiger partial charge in [0.05, 0.1) is 0 Å². The monoisotopic (exact) mass is 194 g/mol. The van der Waals surface area contributed by atoms with E-state index in [1.54, 1.807) is 0 Å². The summed E-state index contributed by atoms with van der Waals surface area (Å²) in [5, 5.41) is 6.31. The predicted molar refractivity (Wildman–Crippen MR) is 55.9 cm³/mol. The van der Waals surface area contributed by atoms with Gasteiger partial charge in [-0.3, -0.25) is 4.79 Å². The Balaban J connectivity index is 1.69. The molecule has 1 unspecified atom stereocenters. The molecular formula is C11H18N2O. The van der Waals surface area contributed by atoms with Crippen LogP contribution in [0.25, 0.3) is 0 Å². The van der Waals surface area contributed by atoms with Crippen LogP contribution in [0.2, 0.25) is 0 Å². The number of rotatable bonds is 3. The van der Waals surface area contributed by atoms with Gasteiger partial charge in [0.15, 0.2) is 0 Å². The molecule has 1 amide bonds. The third kappa shape index (κ3) is 2.58. The molecule has 2 rings (SSSR count). The molecule has 0 saturated carbocycles. The van der Waals surface area contributed by atoms with Crippen molar-refractivity contribution in [1.29, 1.82) is 0 Å². The number of carbonyl (C=O) groups excluding carboxylic acids is 1. The summed E-state index contributed by atoms with van der Waals surface area (Å²) in [6, 6.07) is 0.368. The Bertz CT molecular complexity index is 231. The van der Waals surface area contributed by atoms with Crippen LogP contribution in [0.15, 0.2) is 12.2 Å². The van der Waals surface area contributed by atoms with Crippen molar-refractivity contribution in [3.8, 4) is 0 Å². The van der Waals surface area contributed by atoms with E-state index in [4.69, 9.17) is 0 Å². The Hall–Kier alpha value is -0.830. The first-order chi connectivity index (χ1) is 6.84. The second kappa shape index (κ2) is 4.60. The van der Waals surface area contributed by atoms with Crippen LogP contribution in [-0.2, 0) is 4.79 Å². The van der Waals surface area contributed by atoms with E-state index < -0.39 is 0 Å². The number of hydrogen-bond donors (Lipinski definition) is 2. The number of nitrogens with one attached hydrogen (secondary N) is 2. The summed E-state index contributed by atoms with van der Waals surface area (Å²) in [7, 11) is 0. The Morgan fingerprint density at radius 3 is 3.07 bits per heavy atom. The standard InChI is InChI=1S/C11H18N2O/c14-11(7-9-3-1-2-4-9)13-10-5-6-12-8-10/h1,3,9-10,12H,2,4-8H2,(H,13,14)/t9?,10-/m0/s1. The summed E-state index contributed by atoms with van der Waals surface area (Å²) in [4.78, 5) is 11.6. The summed E-state index contributed by atoms with van der Waals surface area (Å²) in [5.74, 6) is 0.708. The van der Waals surface area contributed by atoms with Crippen LogP contribution in [0.1, 0.15) is 25.7 Å². The van der Waals surface area contributed by atoms with E-state index >= 15 is 0 Å². The van der Waals surface area contributed by atoms with Crippen LogP contribution in [0.5, 0.6) is 0 Å². The molecule has 0 bridgehead atoms. The van der Waals surface area contributed by atoms with Crippen molar-refractivity contribution in [1.82, 2.24) is 10.6 Å². The first kappa shape index (κ1) is 9.71. The van der Waals surface area contributed by atoms with Gasteiger partial charge in [-0.1, -0.05) is 12.2 Å². The maximum atomic E-state index is 11.6. The Kier molecular flexibility index (Phi) is 3.19. The lowest BCUT2D eigenvalue weighted by Gasteiger charge is -2.13. The maximum absolute atomic E-state index is 11.6. The summed E-state index contributed by atoms with van der Waals surface area (Å²) in [5.41, 5.74) is 0. The summed E-state index contributed by atoms with van der Waals surface area (Å²) >= 11 is 0. The molecule has 14 heavy (non-hydrogen) atoms. The lowest BCUT2D eigenvalue weighted by atomic mass is 10.0. The van der Waals surface area contributed by atoms with Crippen LogP contribution in [0.4, 0.5) is 0 Å². The third-order valence-electron chi connectivity index (χ3n) is 2.99. The highest BCUT2D eigenvalue weighted by atomic mass is 16.1. The summed E-state index contributed by atoms with van der Waals surface area (Å²) < 4.78 is 0. The van der Waals surface area contributed by atoms with E-state index in [0.29, 0.717) is 18.4 Å². The number of amides is 1. The first-order valence-corrected chi connectivity index (χ1v) is 5.51. The van der Waals surface area contributed by atoms with E-state index in [1.807, 2.05) is 0 Å². The van der Waals surface area contributed by atoms with Crippen molar-refractivity contribution in [2.75, 3.05) is 13.1 Å². The molecule has 0 aromatic heterocycles. The van der Waals surface area contributed by atoms with Gasteiger partial charge in [0.2, 0.25) is 5.91 Å². The Morgan fingerprint density at radius 2 is 2.43 bits per heavy atom. The molecule has 0 radical (unpaired) electrons. The molecule has 2 aliphatic rings. The zero-order chi connectivity index (χ0) is 9.80. The van der Waals surface area contributed by atoms with Gasteiger partial charge in [-0.05, 0) is 31.7 Å². The third-order valence-corrected chi connectivity index (χ3v) is 2.99. The van der Waals surface area contributed by atoms with Gasteiger partial charge in [-0.15, -0.1) is 0 Å². The topological polar surface area (TPSA) is 41.1 Å². The van der Waals surface area contributed by atoms with Crippen LogP contribution in [0.3, 0.4) is 0 Å². The number of allylic oxidation sites excluding steroid dienone is 2. The molecule has 1 fully saturated rings. The summed E-state index contributed by atoms with van der Waals surface area (Å²) in [6.07, 6.45) is 8.39. The molecule has 0 aromatic carbocycles.